The molecule has 3 nitrogen and oxygen atoms in total. The van der Waals surface area contributed by atoms with Gasteiger partial charge in [0.2, 0.25) is 0 Å². The molecule has 0 fully saturated rings. The molecule has 2 N–H and O–H groups in total. The number of pyridine rings is 1. The number of aromatic nitrogens is 1. The highest BCUT2D eigenvalue weighted by atomic mass is 15.0. The van der Waals surface area contributed by atoms with Crippen LogP contribution in [0, 0.1) is 0 Å². The minimum Gasteiger partial charge on any atom is -0.324 e. The first-order valence-electron chi connectivity index (χ1n) is 4.50. The van der Waals surface area contributed by atoms with Crippen LogP contribution in [0.15, 0.2) is 24.5 Å². The van der Waals surface area contributed by atoms with Crippen LogP contribution in [0.3, 0.4) is 0 Å². The third-order valence-electron chi connectivity index (χ3n) is 2.00. The third kappa shape index (κ3) is 3.53. The molecule has 1 atom stereocenters. The van der Waals surface area contributed by atoms with Crippen molar-refractivity contribution in [2.75, 3.05) is 20.6 Å². The predicted molar refractivity (Wildman–Crippen MR) is 54.3 cm³/mol. The lowest BCUT2D eigenvalue weighted by Gasteiger charge is -2.14. The molecule has 3 heteroatoms. The molecule has 0 saturated heterocycles. The van der Waals surface area contributed by atoms with Gasteiger partial charge < -0.3 is 10.6 Å². The van der Waals surface area contributed by atoms with E-state index in [9.17, 15) is 0 Å². The van der Waals surface area contributed by atoms with Crippen molar-refractivity contribution in [1.82, 2.24) is 9.88 Å². The summed E-state index contributed by atoms with van der Waals surface area (Å²) < 4.78 is 0. The van der Waals surface area contributed by atoms with Crippen molar-refractivity contribution in [2.24, 2.45) is 5.73 Å². The van der Waals surface area contributed by atoms with Crippen molar-refractivity contribution in [2.45, 2.75) is 12.5 Å². The van der Waals surface area contributed by atoms with Crippen LogP contribution in [0.1, 0.15) is 18.0 Å². The Balaban J connectivity index is 2.44. The summed E-state index contributed by atoms with van der Waals surface area (Å²) in [5.41, 5.74) is 7.09. The molecule has 0 radical (unpaired) electrons. The van der Waals surface area contributed by atoms with Crippen LogP contribution in [0.2, 0.25) is 0 Å². The lowest BCUT2D eigenvalue weighted by molar-refractivity contribution is 0.382. The number of nitrogens with two attached hydrogens (primary N) is 1. The lowest BCUT2D eigenvalue weighted by atomic mass is 10.1. The number of hydrogen-bond donors (Lipinski definition) is 1. The van der Waals surface area contributed by atoms with Crippen molar-refractivity contribution in [3.63, 3.8) is 0 Å². The van der Waals surface area contributed by atoms with Gasteiger partial charge in [-0.3, -0.25) is 4.98 Å². The van der Waals surface area contributed by atoms with E-state index in [1.54, 1.807) is 6.20 Å². The number of nitrogens with zero attached hydrogens (tertiary/aromatic N) is 2. The second-order valence-electron chi connectivity index (χ2n) is 3.48. The highest BCUT2D eigenvalue weighted by Gasteiger charge is 2.05. The summed E-state index contributed by atoms with van der Waals surface area (Å²) in [5.74, 6) is 0. The van der Waals surface area contributed by atoms with Crippen LogP contribution in [0.4, 0.5) is 0 Å². The SMILES string of the molecule is CN(C)CC[C@H](N)c1cccnc1. The summed E-state index contributed by atoms with van der Waals surface area (Å²) in [6, 6.07) is 4.05. The van der Waals surface area contributed by atoms with E-state index in [4.69, 9.17) is 5.73 Å². The zero-order valence-electron chi connectivity index (χ0n) is 8.27. The summed E-state index contributed by atoms with van der Waals surface area (Å²) in [5, 5.41) is 0. The van der Waals surface area contributed by atoms with Crippen molar-refractivity contribution in [3.8, 4) is 0 Å². The summed E-state index contributed by atoms with van der Waals surface area (Å²) >= 11 is 0. The minimum atomic E-state index is 0.107. The monoisotopic (exact) mass is 179 g/mol. The van der Waals surface area contributed by atoms with Gasteiger partial charge in [0, 0.05) is 18.4 Å². The Morgan fingerprint density at radius 1 is 1.54 bits per heavy atom. The molecule has 0 aliphatic carbocycles. The fourth-order valence-corrected chi connectivity index (χ4v) is 1.16. The Bertz CT molecular complexity index is 233. The van der Waals surface area contributed by atoms with E-state index in [-0.39, 0.29) is 6.04 Å². The molecule has 0 aliphatic heterocycles. The Kier molecular flexibility index (Phi) is 3.86. The number of hydrogen-bond acceptors (Lipinski definition) is 3. The first-order valence-corrected chi connectivity index (χ1v) is 4.50. The van der Waals surface area contributed by atoms with Crippen molar-refractivity contribution >= 4 is 0 Å². The van der Waals surface area contributed by atoms with E-state index in [1.807, 2.05) is 18.3 Å². The van der Waals surface area contributed by atoms with Gasteiger partial charge in [0.15, 0.2) is 0 Å². The standard InChI is InChI=1S/C10H17N3/c1-13(2)7-5-10(11)9-4-3-6-12-8-9/h3-4,6,8,10H,5,7,11H2,1-2H3/t10-/m0/s1. The average Bonchev–Trinajstić information content (AvgIpc) is 2.15. The predicted octanol–water partition coefficient (Wildman–Crippen LogP) is 1.03. The topological polar surface area (TPSA) is 42.1 Å². The highest BCUT2D eigenvalue weighted by Crippen LogP contribution is 2.11. The van der Waals surface area contributed by atoms with Crippen LogP contribution >= 0.6 is 0 Å². The van der Waals surface area contributed by atoms with Gasteiger partial charge in [-0.15, -0.1) is 0 Å². The first-order chi connectivity index (χ1) is 6.20. The second-order valence-corrected chi connectivity index (χ2v) is 3.48. The fraction of sp³-hybridized carbons (Fsp3) is 0.500. The zero-order valence-corrected chi connectivity index (χ0v) is 8.27. The van der Waals surface area contributed by atoms with Gasteiger partial charge in [-0.1, -0.05) is 6.07 Å². The van der Waals surface area contributed by atoms with E-state index in [0.717, 1.165) is 18.5 Å². The van der Waals surface area contributed by atoms with E-state index < -0.39 is 0 Å². The molecule has 72 valence electrons. The molecular formula is C10H17N3. The molecule has 0 saturated carbocycles. The van der Waals surface area contributed by atoms with E-state index in [2.05, 4.69) is 24.0 Å². The maximum absolute atomic E-state index is 5.98. The minimum absolute atomic E-state index is 0.107. The normalized spacial score (nSPS) is 13.2. The first kappa shape index (κ1) is 10.2. The van der Waals surface area contributed by atoms with Gasteiger partial charge in [-0.05, 0) is 38.7 Å². The molecule has 13 heavy (non-hydrogen) atoms. The molecule has 1 aromatic heterocycles. The summed E-state index contributed by atoms with van der Waals surface area (Å²) in [6.45, 7) is 1.01. The van der Waals surface area contributed by atoms with Gasteiger partial charge in [0.1, 0.15) is 0 Å². The Morgan fingerprint density at radius 3 is 2.85 bits per heavy atom. The molecule has 0 bridgehead atoms. The number of rotatable bonds is 4. The molecule has 0 amide bonds. The fourth-order valence-electron chi connectivity index (χ4n) is 1.16. The molecule has 1 aromatic rings. The molecular weight excluding hydrogens is 162 g/mol. The quantitative estimate of drug-likeness (QED) is 0.750. The van der Waals surface area contributed by atoms with Crippen LogP contribution in [0.25, 0.3) is 0 Å². The van der Waals surface area contributed by atoms with E-state index >= 15 is 0 Å². The van der Waals surface area contributed by atoms with Crippen LogP contribution in [-0.2, 0) is 0 Å². The van der Waals surface area contributed by atoms with E-state index in [0.29, 0.717) is 0 Å². The molecule has 0 aromatic carbocycles. The molecule has 1 rings (SSSR count). The molecule has 0 unspecified atom stereocenters. The average molecular weight is 179 g/mol. The molecule has 0 aliphatic rings. The highest BCUT2D eigenvalue weighted by molar-refractivity contribution is 5.12. The van der Waals surface area contributed by atoms with E-state index in [1.165, 1.54) is 0 Å². The van der Waals surface area contributed by atoms with Gasteiger partial charge in [0.25, 0.3) is 0 Å². The maximum atomic E-state index is 5.98. The molecule has 0 spiro atoms. The van der Waals surface area contributed by atoms with Gasteiger partial charge in [-0.25, -0.2) is 0 Å². The lowest BCUT2D eigenvalue weighted by Crippen LogP contribution is -2.20. The van der Waals surface area contributed by atoms with Gasteiger partial charge in [-0.2, -0.15) is 0 Å². The second kappa shape index (κ2) is 4.94. The third-order valence-corrected chi connectivity index (χ3v) is 2.00. The van der Waals surface area contributed by atoms with Crippen LogP contribution in [0.5, 0.6) is 0 Å². The van der Waals surface area contributed by atoms with Crippen molar-refractivity contribution < 1.29 is 0 Å². The summed E-state index contributed by atoms with van der Waals surface area (Å²) in [7, 11) is 4.10. The van der Waals surface area contributed by atoms with Crippen molar-refractivity contribution in [3.05, 3.63) is 30.1 Å². The van der Waals surface area contributed by atoms with Crippen LogP contribution < -0.4 is 5.73 Å². The largest absolute Gasteiger partial charge is 0.324 e. The Morgan fingerprint density at radius 2 is 2.31 bits per heavy atom. The summed E-state index contributed by atoms with van der Waals surface area (Å²) in [4.78, 5) is 6.17. The van der Waals surface area contributed by atoms with Gasteiger partial charge >= 0.3 is 0 Å². The Hall–Kier alpha value is -0.930. The smallest absolute Gasteiger partial charge is 0.0322 e. The zero-order chi connectivity index (χ0) is 9.68. The summed E-state index contributed by atoms with van der Waals surface area (Å²) in [6.07, 6.45) is 4.57. The molecule has 1 heterocycles. The van der Waals surface area contributed by atoms with Gasteiger partial charge in [0.05, 0.1) is 0 Å². The maximum Gasteiger partial charge on any atom is 0.0322 e. The van der Waals surface area contributed by atoms with Crippen LogP contribution in [-0.4, -0.2) is 30.5 Å². The van der Waals surface area contributed by atoms with Crippen molar-refractivity contribution in [1.29, 1.82) is 0 Å². The Labute approximate surface area is 79.6 Å².